The van der Waals surface area contributed by atoms with Crippen molar-refractivity contribution in [1.82, 2.24) is 5.32 Å². The van der Waals surface area contributed by atoms with E-state index in [1.54, 1.807) is 0 Å². The fourth-order valence-electron chi connectivity index (χ4n) is 3.33. The van der Waals surface area contributed by atoms with Crippen molar-refractivity contribution in [3.05, 3.63) is 11.8 Å². The Morgan fingerprint density at radius 2 is 2.33 bits per heavy atom. The molecule has 2 heterocycles. The van der Waals surface area contributed by atoms with Gasteiger partial charge in [0.25, 0.3) is 6.29 Å². The first-order valence-corrected chi connectivity index (χ1v) is 7.16. The lowest BCUT2D eigenvalue weighted by molar-refractivity contribution is -0.150. The normalized spacial score (nSPS) is 39.3. The maximum Gasteiger partial charge on any atom is 0.409 e. The molecule has 5 atom stereocenters. The van der Waals surface area contributed by atoms with Gasteiger partial charge in [-0.25, -0.2) is 9.59 Å². The Morgan fingerprint density at radius 1 is 1.57 bits per heavy atom. The minimum atomic E-state index is -0.838. The fourth-order valence-corrected chi connectivity index (χ4v) is 3.75. The molecule has 2 aliphatic heterocycles. The second kappa shape index (κ2) is 5.06. The minimum Gasteiger partial charge on any atom is -0.466 e. The molecule has 0 bridgehead atoms. The number of halogens is 1. The van der Waals surface area contributed by atoms with E-state index in [1.165, 1.54) is 20.4 Å². The summed E-state index contributed by atoms with van der Waals surface area (Å²) in [5.41, 5.74) is -0.169. The van der Waals surface area contributed by atoms with Gasteiger partial charge in [0.2, 0.25) is 0 Å². The molecule has 3 rings (SSSR count). The average Bonchev–Trinajstić information content (AvgIpc) is 3.11. The van der Waals surface area contributed by atoms with Crippen LogP contribution >= 0.6 is 11.6 Å². The molecule has 7 nitrogen and oxygen atoms in total. The van der Waals surface area contributed by atoms with Crippen LogP contribution in [-0.4, -0.2) is 50.1 Å². The molecule has 0 aromatic heterocycles. The maximum atomic E-state index is 11.8. The lowest BCUT2D eigenvalue weighted by Gasteiger charge is -2.36. The van der Waals surface area contributed by atoms with Gasteiger partial charge in [-0.1, -0.05) is 0 Å². The van der Waals surface area contributed by atoms with Crippen molar-refractivity contribution in [2.24, 2.45) is 11.8 Å². The quantitative estimate of drug-likeness (QED) is 0.470. The predicted octanol–water partition coefficient (Wildman–Crippen LogP) is 0.768. The van der Waals surface area contributed by atoms with Crippen molar-refractivity contribution < 1.29 is 28.5 Å². The first-order chi connectivity index (χ1) is 10.1. The molecule has 1 saturated heterocycles. The van der Waals surface area contributed by atoms with Crippen LogP contribution in [0.4, 0.5) is 4.79 Å². The summed E-state index contributed by atoms with van der Waals surface area (Å²) in [7, 11) is 2.77. The predicted molar refractivity (Wildman–Crippen MR) is 70.4 cm³/mol. The molecule has 0 spiro atoms. The number of hydrogen-bond donors (Lipinski definition) is 1. The molecule has 21 heavy (non-hydrogen) atoms. The van der Waals surface area contributed by atoms with E-state index >= 15 is 0 Å². The number of hydrogen-bond acceptors (Lipinski definition) is 6. The number of esters is 1. The summed E-state index contributed by atoms with van der Waals surface area (Å²) in [6, 6.07) is 0. The molecular weight excluding hydrogens is 302 g/mol. The highest BCUT2D eigenvalue weighted by atomic mass is 35.5. The zero-order chi connectivity index (χ0) is 15.2. The van der Waals surface area contributed by atoms with Gasteiger partial charge in [0.05, 0.1) is 36.8 Å². The SMILES string of the molecule is CNC(=O)OC1OC=C(C(=O)OC)C2CC3O[C@]3(CCl)C12. The highest BCUT2D eigenvalue weighted by Gasteiger charge is 2.73. The van der Waals surface area contributed by atoms with Crippen LogP contribution in [0.1, 0.15) is 6.42 Å². The van der Waals surface area contributed by atoms with Crippen molar-refractivity contribution in [2.45, 2.75) is 24.4 Å². The van der Waals surface area contributed by atoms with Crippen molar-refractivity contribution >= 4 is 23.7 Å². The number of alkyl carbamates (subject to hydrolysis) is 1. The average molecular weight is 318 g/mol. The number of epoxide rings is 1. The number of carbonyl (C=O) groups is 2. The summed E-state index contributed by atoms with van der Waals surface area (Å²) in [5.74, 6) is -0.672. The largest absolute Gasteiger partial charge is 0.466 e. The molecule has 4 unspecified atom stereocenters. The monoisotopic (exact) mass is 317 g/mol. The van der Waals surface area contributed by atoms with Crippen molar-refractivity contribution in [2.75, 3.05) is 20.0 Å². The van der Waals surface area contributed by atoms with Crippen LogP contribution in [0, 0.1) is 11.8 Å². The van der Waals surface area contributed by atoms with Gasteiger partial charge in [-0.15, -0.1) is 11.6 Å². The number of ether oxygens (including phenoxy) is 4. The van der Waals surface area contributed by atoms with Crippen molar-refractivity contribution in [3.8, 4) is 0 Å². The molecule has 1 amide bonds. The van der Waals surface area contributed by atoms with Gasteiger partial charge in [-0.05, 0) is 6.42 Å². The lowest BCUT2D eigenvalue weighted by atomic mass is 9.82. The Labute approximate surface area is 126 Å². The number of methoxy groups -OCH3 is 1. The van der Waals surface area contributed by atoms with E-state index < -0.39 is 24.0 Å². The maximum absolute atomic E-state index is 11.8. The molecule has 2 fully saturated rings. The molecule has 0 radical (unpaired) electrons. The van der Waals surface area contributed by atoms with Gasteiger partial charge in [0, 0.05) is 13.0 Å². The molecule has 1 saturated carbocycles. The molecule has 1 N–H and O–H groups in total. The van der Waals surface area contributed by atoms with E-state index in [-0.39, 0.29) is 23.8 Å². The van der Waals surface area contributed by atoms with Crippen molar-refractivity contribution in [1.29, 1.82) is 0 Å². The zero-order valence-electron chi connectivity index (χ0n) is 11.6. The Kier molecular flexibility index (Phi) is 3.49. The van der Waals surface area contributed by atoms with Gasteiger partial charge in [0.15, 0.2) is 0 Å². The van der Waals surface area contributed by atoms with E-state index in [9.17, 15) is 9.59 Å². The van der Waals surface area contributed by atoms with Gasteiger partial charge in [0.1, 0.15) is 5.60 Å². The second-order valence-electron chi connectivity index (χ2n) is 5.29. The van der Waals surface area contributed by atoms with Gasteiger partial charge in [-0.3, -0.25) is 0 Å². The summed E-state index contributed by atoms with van der Waals surface area (Å²) in [4.78, 5) is 23.3. The third-order valence-electron chi connectivity index (χ3n) is 4.39. The van der Waals surface area contributed by atoms with E-state index in [1.807, 2.05) is 0 Å². The van der Waals surface area contributed by atoms with E-state index in [0.717, 1.165) is 0 Å². The van der Waals surface area contributed by atoms with E-state index in [4.69, 9.17) is 30.5 Å². The van der Waals surface area contributed by atoms with E-state index in [0.29, 0.717) is 12.0 Å². The summed E-state index contributed by atoms with van der Waals surface area (Å²) >= 11 is 6.04. The Morgan fingerprint density at radius 3 is 2.95 bits per heavy atom. The first-order valence-electron chi connectivity index (χ1n) is 6.63. The summed E-state index contributed by atoms with van der Waals surface area (Å²) in [5, 5.41) is 2.37. The van der Waals surface area contributed by atoms with Gasteiger partial charge in [-0.2, -0.15) is 0 Å². The number of alkyl halides is 1. The van der Waals surface area contributed by atoms with E-state index in [2.05, 4.69) is 5.32 Å². The molecule has 1 aliphatic carbocycles. The third-order valence-corrected chi connectivity index (χ3v) is 4.81. The minimum absolute atomic E-state index is 0.0458. The second-order valence-corrected chi connectivity index (χ2v) is 5.55. The third kappa shape index (κ3) is 2.06. The highest BCUT2D eigenvalue weighted by molar-refractivity contribution is 6.19. The molecule has 0 aromatic carbocycles. The van der Waals surface area contributed by atoms with Crippen LogP contribution < -0.4 is 5.32 Å². The van der Waals surface area contributed by atoms with Crippen LogP contribution in [0.5, 0.6) is 0 Å². The van der Waals surface area contributed by atoms with Gasteiger partial charge >= 0.3 is 12.1 Å². The number of amides is 1. The smallest absolute Gasteiger partial charge is 0.409 e. The van der Waals surface area contributed by atoms with Crippen LogP contribution in [0.2, 0.25) is 0 Å². The summed E-state index contributed by atoms with van der Waals surface area (Å²) in [6.07, 6.45) is 0.454. The summed E-state index contributed by atoms with van der Waals surface area (Å²) in [6.45, 7) is 0. The standard InChI is InChI=1S/C13H16ClNO6/c1-15-12(17)20-11-9-6(3-8-13(9,5-14)21-8)7(4-19-11)10(16)18-2/h4,6,8-9,11H,3,5H2,1-2H3,(H,15,17)/t6?,8?,9?,11?,13-/m0/s1. The zero-order valence-corrected chi connectivity index (χ0v) is 12.4. The first kappa shape index (κ1) is 14.5. The summed E-state index contributed by atoms with van der Waals surface area (Å²) < 4.78 is 21.1. The number of carbonyl (C=O) groups excluding carboxylic acids is 2. The van der Waals surface area contributed by atoms with Crippen LogP contribution in [-0.2, 0) is 23.7 Å². The number of nitrogens with one attached hydrogen (secondary N) is 1. The molecule has 116 valence electrons. The molecule has 3 aliphatic rings. The fraction of sp³-hybridized carbons (Fsp3) is 0.692. The van der Waals surface area contributed by atoms with Gasteiger partial charge < -0.3 is 24.3 Å². The topological polar surface area (TPSA) is 86.4 Å². The Balaban J connectivity index is 1.89. The number of rotatable bonds is 3. The van der Waals surface area contributed by atoms with Crippen LogP contribution in [0.3, 0.4) is 0 Å². The Bertz CT molecular complexity index is 505. The van der Waals surface area contributed by atoms with Crippen LogP contribution in [0.25, 0.3) is 0 Å². The lowest BCUT2D eigenvalue weighted by Crippen LogP contribution is -2.46. The molecule has 0 aromatic rings. The molecular formula is C13H16ClNO6. The molecule has 8 heteroatoms. The van der Waals surface area contributed by atoms with Crippen molar-refractivity contribution in [3.63, 3.8) is 0 Å². The van der Waals surface area contributed by atoms with Crippen LogP contribution in [0.15, 0.2) is 11.8 Å². The Hall–Kier alpha value is -1.47. The number of fused-ring (bicyclic) bond motifs is 3. The highest BCUT2D eigenvalue weighted by Crippen LogP contribution is 2.61.